The predicted molar refractivity (Wildman–Crippen MR) is 81.2 cm³/mol. The molecule has 3 unspecified atom stereocenters. The summed E-state index contributed by atoms with van der Waals surface area (Å²) in [7, 11) is 0. The number of benzene rings is 1. The van der Waals surface area contributed by atoms with Crippen LogP contribution in [0.2, 0.25) is 0 Å². The molecule has 1 aromatic carbocycles. The van der Waals surface area contributed by atoms with Crippen LogP contribution in [0.4, 0.5) is 0 Å². The van der Waals surface area contributed by atoms with Crippen molar-refractivity contribution in [3.8, 4) is 6.07 Å². The molecule has 20 heavy (non-hydrogen) atoms. The van der Waals surface area contributed by atoms with Gasteiger partial charge in [-0.15, -0.1) is 0 Å². The van der Waals surface area contributed by atoms with Crippen LogP contribution in [0.3, 0.4) is 0 Å². The summed E-state index contributed by atoms with van der Waals surface area (Å²) in [6.07, 6.45) is 9.70. The van der Waals surface area contributed by atoms with E-state index in [4.69, 9.17) is 0 Å². The Bertz CT molecular complexity index is 488. The first-order valence-electron chi connectivity index (χ1n) is 8.12. The standard InChI is InChI=1S/C18H24N2/c19-13-15-8-2-1-3-11-17(15)20-18-12-6-9-14-7-4-5-10-16(14)18/h4-5,7,10,15,17-18,20H,1-3,6,8-9,11-12H2. The van der Waals surface area contributed by atoms with Gasteiger partial charge in [-0.3, -0.25) is 0 Å². The second-order valence-corrected chi connectivity index (χ2v) is 6.29. The average Bonchev–Trinajstić information content (AvgIpc) is 2.72. The molecule has 0 saturated heterocycles. The molecule has 2 aliphatic carbocycles. The highest BCUT2D eigenvalue weighted by Crippen LogP contribution is 2.32. The second-order valence-electron chi connectivity index (χ2n) is 6.29. The van der Waals surface area contributed by atoms with E-state index in [1.165, 1.54) is 49.7 Å². The van der Waals surface area contributed by atoms with Gasteiger partial charge in [0.1, 0.15) is 0 Å². The van der Waals surface area contributed by atoms with Crippen LogP contribution in [0.5, 0.6) is 0 Å². The molecule has 3 rings (SSSR count). The van der Waals surface area contributed by atoms with E-state index in [1.54, 1.807) is 0 Å². The Balaban J connectivity index is 1.76. The third kappa shape index (κ3) is 2.88. The molecule has 0 spiro atoms. The summed E-state index contributed by atoms with van der Waals surface area (Å²) < 4.78 is 0. The molecule has 0 heterocycles. The van der Waals surface area contributed by atoms with Crippen LogP contribution >= 0.6 is 0 Å². The molecule has 0 amide bonds. The number of hydrogen-bond acceptors (Lipinski definition) is 2. The van der Waals surface area contributed by atoms with E-state index < -0.39 is 0 Å². The Kier molecular flexibility index (Phi) is 4.38. The van der Waals surface area contributed by atoms with Gasteiger partial charge in [-0.2, -0.15) is 5.26 Å². The van der Waals surface area contributed by atoms with Crippen molar-refractivity contribution in [1.29, 1.82) is 5.26 Å². The van der Waals surface area contributed by atoms with Crippen molar-refractivity contribution in [2.45, 2.75) is 63.5 Å². The molecule has 1 saturated carbocycles. The van der Waals surface area contributed by atoms with Gasteiger partial charge in [-0.05, 0) is 43.2 Å². The Morgan fingerprint density at radius 3 is 2.75 bits per heavy atom. The summed E-state index contributed by atoms with van der Waals surface area (Å²) >= 11 is 0. The number of hydrogen-bond donors (Lipinski definition) is 1. The lowest BCUT2D eigenvalue weighted by atomic mass is 9.86. The van der Waals surface area contributed by atoms with Crippen LogP contribution in [0.15, 0.2) is 24.3 Å². The van der Waals surface area contributed by atoms with Crippen LogP contribution in [-0.4, -0.2) is 6.04 Å². The average molecular weight is 268 g/mol. The first-order valence-corrected chi connectivity index (χ1v) is 8.12. The van der Waals surface area contributed by atoms with Crippen molar-refractivity contribution >= 4 is 0 Å². The van der Waals surface area contributed by atoms with Crippen molar-refractivity contribution in [1.82, 2.24) is 5.32 Å². The zero-order chi connectivity index (χ0) is 13.8. The molecular weight excluding hydrogens is 244 g/mol. The zero-order valence-corrected chi connectivity index (χ0v) is 12.1. The van der Waals surface area contributed by atoms with Gasteiger partial charge in [0.25, 0.3) is 0 Å². The topological polar surface area (TPSA) is 35.8 Å². The van der Waals surface area contributed by atoms with Gasteiger partial charge >= 0.3 is 0 Å². The van der Waals surface area contributed by atoms with Crippen molar-refractivity contribution in [2.75, 3.05) is 0 Å². The lowest BCUT2D eigenvalue weighted by Crippen LogP contribution is -2.39. The molecule has 2 heteroatoms. The number of nitrogens with zero attached hydrogens (tertiary/aromatic N) is 1. The molecule has 0 aliphatic heterocycles. The van der Waals surface area contributed by atoms with E-state index in [9.17, 15) is 5.26 Å². The summed E-state index contributed by atoms with van der Waals surface area (Å²) in [5.74, 6) is 0.201. The van der Waals surface area contributed by atoms with Crippen LogP contribution in [-0.2, 0) is 6.42 Å². The minimum atomic E-state index is 0.201. The fourth-order valence-corrected chi connectivity index (χ4v) is 3.85. The summed E-state index contributed by atoms with van der Waals surface area (Å²) in [5.41, 5.74) is 2.97. The molecule has 0 bridgehead atoms. The van der Waals surface area contributed by atoms with Gasteiger partial charge in [0.15, 0.2) is 0 Å². The number of fused-ring (bicyclic) bond motifs is 1. The smallest absolute Gasteiger partial charge is 0.0672 e. The van der Waals surface area contributed by atoms with E-state index in [1.807, 2.05) is 0 Å². The Morgan fingerprint density at radius 1 is 1.00 bits per heavy atom. The monoisotopic (exact) mass is 268 g/mol. The van der Waals surface area contributed by atoms with Gasteiger partial charge < -0.3 is 5.32 Å². The maximum atomic E-state index is 9.42. The molecule has 1 fully saturated rings. The first kappa shape index (κ1) is 13.6. The van der Waals surface area contributed by atoms with Gasteiger partial charge in [0, 0.05) is 12.1 Å². The number of rotatable bonds is 2. The molecule has 106 valence electrons. The number of aryl methyl sites for hydroxylation is 1. The summed E-state index contributed by atoms with van der Waals surface area (Å²) in [6.45, 7) is 0. The lowest BCUT2D eigenvalue weighted by molar-refractivity contribution is 0.330. The van der Waals surface area contributed by atoms with Crippen molar-refractivity contribution in [3.05, 3.63) is 35.4 Å². The van der Waals surface area contributed by atoms with E-state index in [0.29, 0.717) is 12.1 Å². The maximum absolute atomic E-state index is 9.42. The quantitative estimate of drug-likeness (QED) is 0.819. The van der Waals surface area contributed by atoms with E-state index in [-0.39, 0.29) is 5.92 Å². The third-order valence-corrected chi connectivity index (χ3v) is 4.97. The highest BCUT2D eigenvalue weighted by molar-refractivity contribution is 5.32. The minimum Gasteiger partial charge on any atom is -0.306 e. The number of nitriles is 1. The molecule has 2 nitrogen and oxygen atoms in total. The molecular formula is C18H24N2. The van der Waals surface area contributed by atoms with Crippen LogP contribution < -0.4 is 5.32 Å². The maximum Gasteiger partial charge on any atom is 0.0672 e. The molecule has 3 atom stereocenters. The fraction of sp³-hybridized carbons (Fsp3) is 0.611. The predicted octanol–water partition coefficient (Wildman–Crippen LogP) is 4.13. The second kappa shape index (κ2) is 6.41. The van der Waals surface area contributed by atoms with Gasteiger partial charge in [0.2, 0.25) is 0 Å². The Hall–Kier alpha value is -1.33. The summed E-state index contributed by atoms with van der Waals surface area (Å²) in [6, 6.07) is 12.2. The molecule has 1 N–H and O–H groups in total. The summed E-state index contributed by atoms with van der Waals surface area (Å²) in [5, 5.41) is 13.3. The van der Waals surface area contributed by atoms with Crippen LogP contribution in [0.1, 0.15) is 62.1 Å². The van der Waals surface area contributed by atoms with Gasteiger partial charge in [0.05, 0.1) is 12.0 Å². The first-order chi connectivity index (χ1) is 9.88. The largest absolute Gasteiger partial charge is 0.306 e. The zero-order valence-electron chi connectivity index (χ0n) is 12.1. The van der Waals surface area contributed by atoms with Crippen LogP contribution in [0, 0.1) is 17.2 Å². The molecule has 1 aromatic rings. The van der Waals surface area contributed by atoms with Crippen LogP contribution in [0.25, 0.3) is 0 Å². The molecule has 0 aromatic heterocycles. The van der Waals surface area contributed by atoms with Crippen molar-refractivity contribution in [2.24, 2.45) is 5.92 Å². The lowest BCUT2D eigenvalue weighted by Gasteiger charge is -2.32. The van der Waals surface area contributed by atoms with Crippen molar-refractivity contribution < 1.29 is 0 Å². The van der Waals surface area contributed by atoms with Gasteiger partial charge in [-0.1, -0.05) is 43.5 Å². The van der Waals surface area contributed by atoms with E-state index in [0.717, 1.165) is 12.8 Å². The highest BCUT2D eigenvalue weighted by Gasteiger charge is 2.28. The summed E-state index contributed by atoms with van der Waals surface area (Å²) in [4.78, 5) is 0. The molecule has 2 aliphatic rings. The Labute approximate surface area is 122 Å². The number of nitrogens with one attached hydrogen (secondary N) is 1. The fourth-order valence-electron chi connectivity index (χ4n) is 3.85. The van der Waals surface area contributed by atoms with Crippen molar-refractivity contribution in [3.63, 3.8) is 0 Å². The van der Waals surface area contributed by atoms with E-state index >= 15 is 0 Å². The van der Waals surface area contributed by atoms with E-state index in [2.05, 4.69) is 35.7 Å². The highest BCUT2D eigenvalue weighted by atomic mass is 15.0. The third-order valence-electron chi connectivity index (χ3n) is 4.97. The minimum absolute atomic E-state index is 0.201. The SMILES string of the molecule is N#CC1CCCCCC1NC1CCCc2ccccc21. The van der Waals surface area contributed by atoms with Gasteiger partial charge in [-0.25, -0.2) is 0 Å². The molecule has 0 radical (unpaired) electrons. The Morgan fingerprint density at radius 2 is 1.85 bits per heavy atom. The normalized spacial score (nSPS) is 30.1.